The summed E-state index contributed by atoms with van der Waals surface area (Å²) < 4.78 is 20.5. The quantitative estimate of drug-likeness (QED) is 0.412. The Morgan fingerprint density at radius 1 is 1.09 bits per heavy atom. The molecule has 6 heteroatoms. The maximum absolute atomic E-state index is 15.1. The van der Waals surface area contributed by atoms with Gasteiger partial charge in [0.05, 0.1) is 11.0 Å². The van der Waals surface area contributed by atoms with Crippen LogP contribution in [0.2, 0.25) is 0 Å². The van der Waals surface area contributed by atoms with Crippen molar-refractivity contribution in [3.8, 4) is 10.4 Å². The van der Waals surface area contributed by atoms with Gasteiger partial charge in [0.15, 0.2) is 0 Å². The molecule has 4 nitrogen and oxygen atoms in total. The molecule has 1 aromatic carbocycles. The van der Waals surface area contributed by atoms with Gasteiger partial charge in [-0.3, -0.25) is 4.79 Å². The van der Waals surface area contributed by atoms with Crippen molar-refractivity contribution in [3.63, 3.8) is 0 Å². The monoisotopic (exact) mass is 504 g/mol. The molecule has 0 spiro atoms. The SMILES string of the molecule is CC.CC.COC(C)CN1CCC(c2ccc(-c3cc(C)c(C(=O)N4CCCC4)s3)cc2F)CC1. The number of aryl methyl sites for hydroxylation is 1. The van der Waals surface area contributed by atoms with Crippen molar-refractivity contribution in [1.82, 2.24) is 9.80 Å². The Hall–Kier alpha value is -1.76. The van der Waals surface area contributed by atoms with Gasteiger partial charge in [0.2, 0.25) is 0 Å². The van der Waals surface area contributed by atoms with Crippen LogP contribution in [0.5, 0.6) is 0 Å². The van der Waals surface area contributed by atoms with Crippen LogP contribution < -0.4 is 0 Å². The summed E-state index contributed by atoms with van der Waals surface area (Å²) in [5.74, 6) is 0.262. The summed E-state index contributed by atoms with van der Waals surface area (Å²) in [7, 11) is 1.74. The molecule has 2 fully saturated rings. The summed E-state index contributed by atoms with van der Waals surface area (Å²) in [5, 5.41) is 0. The van der Waals surface area contributed by atoms with Crippen LogP contribution in [0, 0.1) is 12.7 Å². The second kappa shape index (κ2) is 14.7. The maximum atomic E-state index is 15.1. The average Bonchev–Trinajstić information content (AvgIpc) is 3.57. The standard InChI is InChI=1S/C25H33FN2O2S.2C2H6/c1-17-14-23(31-24(17)25(29)28-10-4-5-11-28)20-6-7-21(22(26)15-20)19-8-12-27(13-9-19)16-18(2)30-3;2*1-2/h6-7,14-15,18-19H,4-5,8-13,16H2,1-3H3;2*1-2H3. The fourth-order valence-corrected chi connectivity index (χ4v) is 5.91. The highest BCUT2D eigenvalue weighted by Crippen LogP contribution is 2.36. The van der Waals surface area contributed by atoms with Crippen molar-refractivity contribution in [1.29, 1.82) is 0 Å². The zero-order valence-corrected chi connectivity index (χ0v) is 23.6. The first-order valence-electron chi connectivity index (χ1n) is 13.4. The maximum Gasteiger partial charge on any atom is 0.264 e. The number of carbonyl (C=O) groups is 1. The fourth-order valence-electron chi connectivity index (χ4n) is 4.78. The van der Waals surface area contributed by atoms with Crippen LogP contribution in [-0.2, 0) is 4.74 Å². The number of amides is 1. The van der Waals surface area contributed by atoms with E-state index in [1.807, 2.05) is 57.7 Å². The van der Waals surface area contributed by atoms with Crippen LogP contribution in [0.15, 0.2) is 24.3 Å². The van der Waals surface area contributed by atoms with Gasteiger partial charge < -0.3 is 14.5 Å². The minimum Gasteiger partial charge on any atom is -0.380 e. The van der Waals surface area contributed by atoms with E-state index in [0.29, 0.717) is 0 Å². The lowest BCUT2D eigenvalue weighted by Crippen LogP contribution is -2.38. The van der Waals surface area contributed by atoms with Gasteiger partial charge in [-0.25, -0.2) is 4.39 Å². The number of benzene rings is 1. The number of methoxy groups -OCH3 is 1. The molecule has 1 atom stereocenters. The van der Waals surface area contributed by atoms with Crippen LogP contribution in [0.4, 0.5) is 4.39 Å². The highest BCUT2D eigenvalue weighted by Gasteiger charge is 2.25. The number of likely N-dealkylation sites (tertiary alicyclic amines) is 2. The Kier molecular flexibility index (Phi) is 12.4. The number of hydrogen-bond donors (Lipinski definition) is 0. The van der Waals surface area contributed by atoms with E-state index in [4.69, 9.17) is 4.74 Å². The lowest BCUT2D eigenvalue weighted by atomic mass is 9.88. The topological polar surface area (TPSA) is 32.8 Å². The number of carbonyl (C=O) groups excluding carboxylic acids is 1. The molecule has 0 radical (unpaired) electrons. The van der Waals surface area contributed by atoms with Gasteiger partial charge in [0, 0.05) is 31.6 Å². The van der Waals surface area contributed by atoms with Gasteiger partial charge in [-0.15, -0.1) is 11.3 Å². The van der Waals surface area contributed by atoms with Crippen molar-refractivity contribution in [2.75, 3.05) is 39.8 Å². The van der Waals surface area contributed by atoms with Gasteiger partial charge in [-0.2, -0.15) is 0 Å². The molecule has 0 saturated carbocycles. The summed E-state index contributed by atoms with van der Waals surface area (Å²) in [6.45, 7) is 16.6. The van der Waals surface area contributed by atoms with Gasteiger partial charge in [0.1, 0.15) is 5.82 Å². The molecule has 0 bridgehead atoms. The molecule has 1 aromatic heterocycles. The van der Waals surface area contributed by atoms with E-state index in [9.17, 15) is 4.79 Å². The van der Waals surface area contributed by atoms with Gasteiger partial charge in [0.25, 0.3) is 5.91 Å². The molecule has 196 valence electrons. The molecular formula is C29H45FN2O2S. The lowest BCUT2D eigenvalue weighted by Gasteiger charge is -2.33. The minimum absolute atomic E-state index is 0.123. The van der Waals surface area contributed by atoms with Crippen LogP contribution in [0.1, 0.15) is 87.0 Å². The van der Waals surface area contributed by atoms with Crippen LogP contribution in [-0.4, -0.2) is 61.6 Å². The van der Waals surface area contributed by atoms with Crippen LogP contribution in [0.3, 0.4) is 0 Å². The molecule has 35 heavy (non-hydrogen) atoms. The Morgan fingerprint density at radius 2 is 1.71 bits per heavy atom. The molecule has 4 rings (SSSR count). The first-order valence-corrected chi connectivity index (χ1v) is 14.2. The van der Waals surface area contributed by atoms with E-state index >= 15 is 4.39 Å². The molecule has 0 aliphatic carbocycles. The summed E-state index contributed by atoms with van der Waals surface area (Å²) in [5.41, 5.74) is 2.67. The van der Waals surface area contributed by atoms with Crippen molar-refractivity contribution < 1.29 is 13.9 Å². The van der Waals surface area contributed by atoms with E-state index in [0.717, 1.165) is 84.9 Å². The number of rotatable bonds is 6. The van der Waals surface area contributed by atoms with E-state index < -0.39 is 0 Å². The van der Waals surface area contributed by atoms with Gasteiger partial charge in [-0.1, -0.05) is 39.8 Å². The Labute approximate surface area is 216 Å². The first-order chi connectivity index (χ1) is 17.0. The number of thiophene rings is 1. The average molecular weight is 505 g/mol. The largest absolute Gasteiger partial charge is 0.380 e. The highest BCUT2D eigenvalue weighted by atomic mass is 32.1. The smallest absolute Gasteiger partial charge is 0.264 e. The van der Waals surface area contributed by atoms with Crippen molar-refractivity contribution in [2.24, 2.45) is 0 Å². The van der Waals surface area contributed by atoms with E-state index in [2.05, 4.69) is 11.8 Å². The summed E-state index contributed by atoms with van der Waals surface area (Å²) in [6.07, 6.45) is 4.34. The molecule has 2 saturated heterocycles. The van der Waals surface area contributed by atoms with Crippen molar-refractivity contribution >= 4 is 17.2 Å². The number of piperidine rings is 1. The molecule has 2 aliphatic heterocycles. The lowest BCUT2D eigenvalue weighted by molar-refractivity contribution is 0.0673. The normalized spacial score (nSPS) is 17.3. The third-order valence-corrected chi connectivity index (χ3v) is 8.01. The van der Waals surface area contributed by atoms with E-state index in [1.165, 1.54) is 11.3 Å². The predicted octanol–water partition coefficient (Wildman–Crippen LogP) is 7.37. The zero-order valence-electron chi connectivity index (χ0n) is 22.8. The third kappa shape index (κ3) is 7.61. The summed E-state index contributed by atoms with van der Waals surface area (Å²) in [6, 6.07) is 7.66. The van der Waals surface area contributed by atoms with Crippen molar-refractivity contribution in [3.05, 3.63) is 46.1 Å². The van der Waals surface area contributed by atoms with E-state index in [-0.39, 0.29) is 23.7 Å². The van der Waals surface area contributed by atoms with Gasteiger partial charge >= 0.3 is 0 Å². The number of halogens is 1. The third-order valence-electron chi connectivity index (χ3n) is 6.74. The zero-order chi connectivity index (χ0) is 26.0. The summed E-state index contributed by atoms with van der Waals surface area (Å²) in [4.78, 5) is 18.9. The second-order valence-electron chi connectivity index (χ2n) is 8.98. The number of hydrogen-bond acceptors (Lipinski definition) is 4. The minimum atomic E-state index is -0.125. The Morgan fingerprint density at radius 3 is 2.29 bits per heavy atom. The fraction of sp³-hybridized carbons (Fsp3) is 0.621. The first kappa shape index (κ1) is 29.5. The van der Waals surface area contributed by atoms with Crippen LogP contribution >= 0.6 is 11.3 Å². The van der Waals surface area contributed by atoms with Crippen LogP contribution in [0.25, 0.3) is 10.4 Å². The van der Waals surface area contributed by atoms with E-state index in [1.54, 1.807) is 13.2 Å². The second-order valence-corrected chi connectivity index (χ2v) is 10.0. The van der Waals surface area contributed by atoms with Gasteiger partial charge in [-0.05, 0) is 87.4 Å². The number of nitrogens with zero attached hydrogens (tertiary/aromatic N) is 2. The molecule has 3 heterocycles. The number of ether oxygens (including phenoxy) is 1. The van der Waals surface area contributed by atoms with Crippen molar-refractivity contribution in [2.45, 2.75) is 79.2 Å². The summed E-state index contributed by atoms with van der Waals surface area (Å²) >= 11 is 1.49. The molecule has 0 N–H and O–H groups in total. The molecule has 2 aliphatic rings. The Balaban J connectivity index is 0.00000103. The predicted molar refractivity (Wildman–Crippen MR) is 147 cm³/mol. The highest BCUT2D eigenvalue weighted by molar-refractivity contribution is 7.17. The molecule has 2 aromatic rings. The Bertz CT molecular complexity index is 915. The molecule has 1 amide bonds. The molecule has 1 unspecified atom stereocenters. The molecular weight excluding hydrogens is 459 g/mol.